The zero-order chi connectivity index (χ0) is 19.2. The summed E-state index contributed by atoms with van der Waals surface area (Å²) in [7, 11) is 3.55. The summed E-state index contributed by atoms with van der Waals surface area (Å²) in [6.45, 7) is 3.34. The van der Waals surface area contributed by atoms with E-state index in [0.29, 0.717) is 6.54 Å². The Morgan fingerprint density at radius 2 is 1.81 bits per heavy atom. The molecule has 1 aliphatic rings. The largest absolute Gasteiger partial charge is 0.497 e. The number of piperidine rings is 1. The molecule has 0 N–H and O–H groups in total. The summed E-state index contributed by atoms with van der Waals surface area (Å²) >= 11 is 5.97. The molecule has 144 valence electrons. The number of methoxy groups -OCH3 is 1. The number of hydrogen-bond donors (Lipinski definition) is 0. The summed E-state index contributed by atoms with van der Waals surface area (Å²) in [4.78, 5) is 17.1. The van der Waals surface area contributed by atoms with Gasteiger partial charge in [0.05, 0.1) is 13.0 Å². The van der Waals surface area contributed by atoms with Crippen LogP contribution < -0.4 is 4.74 Å². The fourth-order valence-electron chi connectivity index (χ4n) is 3.64. The van der Waals surface area contributed by atoms with E-state index in [4.69, 9.17) is 16.3 Å². The van der Waals surface area contributed by atoms with Crippen molar-refractivity contribution in [2.24, 2.45) is 5.92 Å². The molecule has 1 amide bonds. The monoisotopic (exact) mass is 386 g/mol. The maximum atomic E-state index is 12.9. The fourth-order valence-corrected chi connectivity index (χ4v) is 3.77. The zero-order valence-corrected chi connectivity index (χ0v) is 16.8. The predicted octanol–water partition coefficient (Wildman–Crippen LogP) is 4.22. The highest BCUT2D eigenvalue weighted by molar-refractivity contribution is 6.30. The van der Waals surface area contributed by atoms with Gasteiger partial charge in [-0.15, -0.1) is 0 Å². The van der Waals surface area contributed by atoms with Crippen LogP contribution in [0.15, 0.2) is 48.5 Å². The lowest BCUT2D eigenvalue weighted by Gasteiger charge is -2.34. The van der Waals surface area contributed by atoms with E-state index < -0.39 is 0 Å². The molecular formula is C22H27ClN2O2. The summed E-state index contributed by atoms with van der Waals surface area (Å²) in [5.74, 6) is 1.12. The lowest BCUT2D eigenvalue weighted by atomic mass is 9.96. The molecule has 1 fully saturated rings. The van der Waals surface area contributed by atoms with Crippen molar-refractivity contribution < 1.29 is 9.53 Å². The molecule has 5 heteroatoms. The number of amides is 1. The van der Waals surface area contributed by atoms with Crippen LogP contribution in [0.5, 0.6) is 5.75 Å². The van der Waals surface area contributed by atoms with Gasteiger partial charge in [-0.2, -0.15) is 0 Å². The molecule has 0 unspecified atom stereocenters. The summed E-state index contributed by atoms with van der Waals surface area (Å²) in [5.41, 5.74) is 2.35. The lowest BCUT2D eigenvalue weighted by molar-refractivity contribution is -0.136. The third-order valence-electron chi connectivity index (χ3n) is 5.13. The molecule has 0 radical (unpaired) electrons. The first-order chi connectivity index (χ1) is 13.0. The number of carbonyl (C=O) groups excluding carboxylic acids is 1. The van der Waals surface area contributed by atoms with Crippen LogP contribution in [-0.2, 0) is 17.9 Å². The Kier molecular flexibility index (Phi) is 6.75. The average molecular weight is 387 g/mol. The Hall–Kier alpha value is -2.04. The molecular weight excluding hydrogens is 360 g/mol. The highest BCUT2D eigenvalue weighted by Crippen LogP contribution is 2.22. The lowest BCUT2D eigenvalue weighted by Crippen LogP contribution is -2.43. The Morgan fingerprint density at radius 1 is 1.15 bits per heavy atom. The van der Waals surface area contributed by atoms with Gasteiger partial charge in [0.15, 0.2) is 0 Å². The molecule has 1 atom stereocenters. The third-order valence-corrected chi connectivity index (χ3v) is 5.38. The van der Waals surface area contributed by atoms with E-state index in [0.717, 1.165) is 48.8 Å². The molecule has 2 aromatic rings. The molecule has 1 saturated heterocycles. The van der Waals surface area contributed by atoms with Crippen LogP contribution in [0.4, 0.5) is 0 Å². The molecule has 0 spiro atoms. The second kappa shape index (κ2) is 9.25. The highest BCUT2D eigenvalue weighted by Gasteiger charge is 2.28. The molecule has 1 aliphatic heterocycles. The number of rotatable bonds is 6. The standard InChI is InChI=1S/C22H27ClN2O2/c1-24(14-17-7-11-21(27-2)12-8-17)22(26)19-4-3-13-25(16-19)15-18-5-9-20(23)10-6-18/h5-12,19H,3-4,13-16H2,1-2H3/t19-/m0/s1. The second-order valence-electron chi connectivity index (χ2n) is 7.24. The van der Waals surface area contributed by atoms with Gasteiger partial charge in [-0.05, 0) is 54.8 Å². The summed E-state index contributed by atoms with van der Waals surface area (Å²) in [5, 5.41) is 0.755. The minimum Gasteiger partial charge on any atom is -0.497 e. The fraction of sp³-hybridized carbons (Fsp3) is 0.409. The molecule has 27 heavy (non-hydrogen) atoms. The Labute approximate surface area is 166 Å². The molecule has 1 heterocycles. The number of benzene rings is 2. The van der Waals surface area contributed by atoms with Crippen molar-refractivity contribution in [2.45, 2.75) is 25.9 Å². The number of hydrogen-bond acceptors (Lipinski definition) is 3. The van der Waals surface area contributed by atoms with E-state index in [1.165, 1.54) is 5.56 Å². The van der Waals surface area contributed by atoms with Crippen molar-refractivity contribution in [1.29, 1.82) is 0 Å². The van der Waals surface area contributed by atoms with Crippen LogP contribution in [0.3, 0.4) is 0 Å². The Balaban J connectivity index is 1.55. The number of likely N-dealkylation sites (tertiary alicyclic amines) is 1. The van der Waals surface area contributed by atoms with Crippen molar-refractivity contribution in [3.8, 4) is 5.75 Å². The van der Waals surface area contributed by atoms with Gasteiger partial charge in [0.25, 0.3) is 0 Å². The van der Waals surface area contributed by atoms with E-state index in [2.05, 4.69) is 17.0 Å². The summed E-state index contributed by atoms with van der Waals surface area (Å²) < 4.78 is 5.19. The van der Waals surface area contributed by atoms with E-state index in [1.807, 2.05) is 48.3 Å². The Morgan fingerprint density at radius 3 is 2.48 bits per heavy atom. The quantitative estimate of drug-likeness (QED) is 0.745. The first-order valence-electron chi connectivity index (χ1n) is 9.40. The van der Waals surface area contributed by atoms with Crippen molar-refractivity contribution in [2.75, 3.05) is 27.2 Å². The first kappa shape index (κ1) is 19.7. The van der Waals surface area contributed by atoms with Crippen molar-refractivity contribution in [1.82, 2.24) is 9.80 Å². The first-order valence-corrected chi connectivity index (χ1v) is 9.77. The maximum absolute atomic E-state index is 12.9. The summed E-state index contributed by atoms with van der Waals surface area (Å²) in [6.07, 6.45) is 2.02. The smallest absolute Gasteiger partial charge is 0.227 e. The highest BCUT2D eigenvalue weighted by atomic mass is 35.5. The van der Waals surface area contributed by atoms with Gasteiger partial charge < -0.3 is 9.64 Å². The van der Waals surface area contributed by atoms with Gasteiger partial charge in [0, 0.05) is 31.7 Å². The third kappa shape index (κ3) is 5.47. The van der Waals surface area contributed by atoms with Gasteiger partial charge in [-0.1, -0.05) is 35.9 Å². The predicted molar refractivity (Wildman–Crippen MR) is 109 cm³/mol. The molecule has 0 saturated carbocycles. The molecule has 2 aromatic carbocycles. The van der Waals surface area contributed by atoms with Crippen molar-refractivity contribution in [3.05, 3.63) is 64.7 Å². The number of halogens is 1. The minimum atomic E-state index is 0.0642. The number of ether oxygens (including phenoxy) is 1. The van der Waals surface area contributed by atoms with Crippen molar-refractivity contribution >= 4 is 17.5 Å². The van der Waals surface area contributed by atoms with Crippen molar-refractivity contribution in [3.63, 3.8) is 0 Å². The van der Waals surface area contributed by atoms with Gasteiger partial charge in [-0.3, -0.25) is 9.69 Å². The molecule has 3 rings (SSSR count). The number of nitrogens with zero attached hydrogens (tertiary/aromatic N) is 2. The van der Waals surface area contributed by atoms with Gasteiger partial charge >= 0.3 is 0 Å². The van der Waals surface area contributed by atoms with E-state index in [9.17, 15) is 4.79 Å². The molecule has 0 aromatic heterocycles. The van der Waals surface area contributed by atoms with E-state index in [-0.39, 0.29) is 11.8 Å². The van der Waals surface area contributed by atoms with Crippen LogP contribution >= 0.6 is 11.6 Å². The van der Waals surface area contributed by atoms with Crippen LogP contribution in [0.2, 0.25) is 5.02 Å². The van der Waals surface area contributed by atoms with Gasteiger partial charge in [-0.25, -0.2) is 0 Å². The van der Waals surface area contributed by atoms with Crippen LogP contribution in [0.1, 0.15) is 24.0 Å². The van der Waals surface area contributed by atoms with Crippen LogP contribution in [0.25, 0.3) is 0 Å². The van der Waals surface area contributed by atoms with Crippen LogP contribution in [-0.4, -0.2) is 43.0 Å². The Bertz CT molecular complexity index is 746. The van der Waals surface area contributed by atoms with E-state index >= 15 is 0 Å². The number of carbonyl (C=O) groups is 1. The van der Waals surface area contributed by atoms with Crippen LogP contribution in [0, 0.1) is 5.92 Å². The zero-order valence-electron chi connectivity index (χ0n) is 16.0. The van der Waals surface area contributed by atoms with Gasteiger partial charge in [0.2, 0.25) is 5.91 Å². The summed E-state index contributed by atoms with van der Waals surface area (Å²) in [6, 6.07) is 15.8. The maximum Gasteiger partial charge on any atom is 0.227 e. The van der Waals surface area contributed by atoms with E-state index in [1.54, 1.807) is 7.11 Å². The molecule has 0 bridgehead atoms. The SMILES string of the molecule is COc1ccc(CN(C)C(=O)[C@H]2CCCN(Cc3ccc(Cl)cc3)C2)cc1. The topological polar surface area (TPSA) is 32.8 Å². The normalized spacial score (nSPS) is 17.5. The molecule has 4 nitrogen and oxygen atoms in total. The second-order valence-corrected chi connectivity index (χ2v) is 7.68. The minimum absolute atomic E-state index is 0.0642. The average Bonchev–Trinajstić information content (AvgIpc) is 2.70. The van der Waals surface area contributed by atoms with Gasteiger partial charge in [0.1, 0.15) is 5.75 Å². The molecule has 0 aliphatic carbocycles.